The van der Waals surface area contributed by atoms with Crippen LogP contribution in [0.15, 0.2) is 30.9 Å². The monoisotopic (exact) mass is 369 g/mol. The molecular formula is C19H23N5O3. The van der Waals surface area contributed by atoms with Gasteiger partial charge in [0.05, 0.1) is 49.5 Å². The number of aromatic nitrogens is 4. The van der Waals surface area contributed by atoms with Crippen molar-refractivity contribution in [3.63, 3.8) is 0 Å². The molecule has 0 unspecified atom stereocenters. The van der Waals surface area contributed by atoms with E-state index in [1.807, 2.05) is 11.8 Å². The fraction of sp³-hybridized carbons (Fsp3) is 0.526. The molecule has 142 valence electrons. The van der Waals surface area contributed by atoms with Crippen LogP contribution in [0, 0.1) is 12.8 Å². The maximum absolute atomic E-state index is 12.5. The zero-order chi connectivity index (χ0) is 18.7. The number of carbonyl (C=O) groups is 1. The summed E-state index contributed by atoms with van der Waals surface area (Å²) in [5, 5.41) is 7.49. The third-order valence-corrected chi connectivity index (χ3v) is 5.18. The van der Waals surface area contributed by atoms with Gasteiger partial charge in [-0.3, -0.25) is 9.78 Å². The Morgan fingerprint density at radius 3 is 3.00 bits per heavy atom. The topological polar surface area (TPSA) is 90.3 Å². The molecule has 2 fully saturated rings. The Balaban J connectivity index is 1.26. The third-order valence-electron chi connectivity index (χ3n) is 5.18. The van der Waals surface area contributed by atoms with Crippen LogP contribution in [0.5, 0.6) is 5.88 Å². The predicted molar refractivity (Wildman–Crippen MR) is 96.2 cm³/mol. The maximum Gasteiger partial charge on any atom is 0.255 e. The number of nitrogens with zero attached hydrogens (tertiary/aromatic N) is 5. The molecule has 2 aliphatic heterocycles. The van der Waals surface area contributed by atoms with E-state index < -0.39 is 0 Å². The zero-order valence-electron chi connectivity index (χ0n) is 15.4. The van der Waals surface area contributed by atoms with E-state index in [0.717, 1.165) is 31.6 Å². The van der Waals surface area contributed by atoms with Crippen LogP contribution in [0.25, 0.3) is 0 Å². The third kappa shape index (κ3) is 4.05. The summed E-state index contributed by atoms with van der Waals surface area (Å²) in [5.41, 5.74) is 1.21. The molecule has 0 saturated carbocycles. The zero-order valence-corrected chi connectivity index (χ0v) is 15.4. The number of ether oxygens (including phenoxy) is 2. The fourth-order valence-corrected chi connectivity index (χ4v) is 3.83. The lowest BCUT2D eigenvalue weighted by molar-refractivity contribution is -0.166. The van der Waals surface area contributed by atoms with Crippen molar-refractivity contribution >= 4 is 5.91 Å². The van der Waals surface area contributed by atoms with Gasteiger partial charge in [-0.15, -0.1) is 0 Å². The molecule has 1 spiro atoms. The molecule has 2 aromatic rings. The molecular weight excluding hydrogens is 346 g/mol. The van der Waals surface area contributed by atoms with E-state index in [9.17, 15) is 4.79 Å². The van der Waals surface area contributed by atoms with Gasteiger partial charge in [-0.1, -0.05) is 0 Å². The van der Waals surface area contributed by atoms with Crippen molar-refractivity contribution in [1.82, 2.24) is 25.1 Å². The van der Waals surface area contributed by atoms with Crippen molar-refractivity contribution in [2.75, 3.05) is 26.3 Å². The van der Waals surface area contributed by atoms with E-state index in [-0.39, 0.29) is 11.5 Å². The summed E-state index contributed by atoms with van der Waals surface area (Å²) in [6, 6.07) is 1.69. The van der Waals surface area contributed by atoms with Gasteiger partial charge >= 0.3 is 0 Å². The fourth-order valence-electron chi connectivity index (χ4n) is 3.83. The second-order valence-electron chi connectivity index (χ2n) is 7.32. The summed E-state index contributed by atoms with van der Waals surface area (Å²) in [7, 11) is 0. The van der Waals surface area contributed by atoms with Crippen molar-refractivity contribution in [3.05, 3.63) is 42.1 Å². The standard InChI is InChI=1S/C19H23N5O3/c1-14-9-20-11-17(23-14)26-6-3-15-4-7-27-19(8-15)12-24(13-19)18(25)16-2-5-21-22-10-16/h2,5,9-11,15H,3-4,6-8,12-13H2,1H3/t15-/m1/s1. The molecule has 1 atom stereocenters. The van der Waals surface area contributed by atoms with E-state index in [2.05, 4.69) is 20.2 Å². The van der Waals surface area contributed by atoms with Crippen LogP contribution in [0.1, 0.15) is 35.3 Å². The first-order chi connectivity index (χ1) is 13.1. The Morgan fingerprint density at radius 2 is 2.22 bits per heavy atom. The van der Waals surface area contributed by atoms with E-state index in [1.54, 1.807) is 18.5 Å². The minimum absolute atomic E-state index is 0.0115. The molecule has 27 heavy (non-hydrogen) atoms. The Hall–Kier alpha value is -2.61. The predicted octanol–water partition coefficient (Wildman–Crippen LogP) is 1.67. The first-order valence-electron chi connectivity index (χ1n) is 9.25. The number of carbonyl (C=O) groups excluding carboxylic acids is 1. The molecule has 2 aromatic heterocycles. The smallest absolute Gasteiger partial charge is 0.255 e. The van der Waals surface area contributed by atoms with Gasteiger partial charge in [-0.05, 0) is 38.2 Å². The first kappa shape index (κ1) is 17.8. The molecule has 1 amide bonds. The van der Waals surface area contributed by atoms with Gasteiger partial charge in [0, 0.05) is 12.8 Å². The minimum atomic E-state index is -0.206. The molecule has 0 aliphatic carbocycles. The van der Waals surface area contributed by atoms with Crippen LogP contribution in [-0.4, -0.2) is 62.9 Å². The quantitative estimate of drug-likeness (QED) is 0.792. The van der Waals surface area contributed by atoms with Crippen molar-refractivity contribution < 1.29 is 14.3 Å². The summed E-state index contributed by atoms with van der Waals surface area (Å²) < 4.78 is 11.8. The van der Waals surface area contributed by atoms with Crippen molar-refractivity contribution in [2.45, 2.75) is 31.8 Å². The molecule has 8 nitrogen and oxygen atoms in total. The number of rotatable bonds is 5. The summed E-state index contributed by atoms with van der Waals surface area (Å²) in [4.78, 5) is 22.7. The van der Waals surface area contributed by atoms with Gasteiger partial charge in [0.25, 0.3) is 5.91 Å². The van der Waals surface area contributed by atoms with Crippen LogP contribution in [0.2, 0.25) is 0 Å². The van der Waals surface area contributed by atoms with E-state index >= 15 is 0 Å². The lowest BCUT2D eigenvalue weighted by Crippen LogP contribution is -2.66. The average molecular weight is 369 g/mol. The number of amides is 1. The van der Waals surface area contributed by atoms with Crippen LogP contribution in [0.4, 0.5) is 0 Å². The van der Waals surface area contributed by atoms with Crippen LogP contribution < -0.4 is 4.74 Å². The van der Waals surface area contributed by atoms with Gasteiger partial charge in [0.15, 0.2) is 0 Å². The SMILES string of the molecule is Cc1cncc(OCC[C@@H]2CCOC3(C2)CN(C(=O)c2ccnnc2)C3)n1. The van der Waals surface area contributed by atoms with Crippen molar-refractivity contribution in [1.29, 1.82) is 0 Å². The number of aryl methyl sites for hydroxylation is 1. The van der Waals surface area contributed by atoms with E-state index in [0.29, 0.717) is 37.1 Å². The highest BCUT2D eigenvalue weighted by molar-refractivity contribution is 5.94. The molecule has 0 radical (unpaired) electrons. The lowest BCUT2D eigenvalue weighted by atomic mass is 9.79. The van der Waals surface area contributed by atoms with Crippen LogP contribution in [-0.2, 0) is 4.74 Å². The first-order valence-corrected chi connectivity index (χ1v) is 9.25. The van der Waals surface area contributed by atoms with Gasteiger partial charge in [0.2, 0.25) is 5.88 Å². The van der Waals surface area contributed by atoms with Crippen molar-refractivity contribution in [3.8, 4) is 5.88 Å². The average Bonchev–Trinajstić information content (AvgIpc) is 2.66. The molecule has 4 heterocycles. The van der Waals surface area contributed by atoms with Gasteiger partial charge in [0.1, 0.15) is 5.60 Å². The van der Waals surface area contributed by atoms with Crippen molar-refractivity contribution in [2.24, 2.45) is 5.92 Å². The summed E-state index contributed by atoms with van der Waals surface area (Å²) >= 11 is 0. The molecule has 0 aromatic carbocycles. The second-order valence-corrected chi connectivity index (χ2v) is 7.32. The Labute approximate surface area is 157 Å². The molecule has 0 bridgehead atoms. The summed E-state index contributed by atoms with van der Waals surface area (Å²) in [5.74, 6) is 1.09. The molecule has 0 N–H and O–H groups in total. The minimum Gasteiger partial charge on any atom is -0.477 e. The Kier molecular flexibility index (Phi) is 4.98. The number of hydrogen-bond donors (Lipinski definition) is 0. The molecule has 2 saturated heterocycles. The summed E-state index contributed by atoms with van der Waals surface area (Å²) in [6.07, 6.45) is 9.31. The number of likely N-dealkylation sites (tertiary alicyclic amines) is 1. The number of hydrogen-bond acceptors (Lipinski definition) is 7. The highest BCUT2D eigenvalue weighted by Gasteiger charge is 2.49. The van der Waals surface area contributed by atoms with Gasteiger partial charge in [-0.25, -0.2) is 4.98 Å². The second kappa shape index (κ2) is 7.56. The molecule has 4 rings (SSSR count). The normalized spacial score (nSPS) is 20.9. The van der Waals surface area contributed by atoms with Crippen LogP contribution in [0.3, 0.4) is 0 Å². The van der Waals surface area contributed by atoms with Crippen LogP contribution >= 0.6 is 0 Å². The Morgan fingerprint density at radius 1 is 1.33 bits per heavy atom. The van der Waals surface area contributed by atoms with Gasteiger partial charge in [-0.2, -0.15) is 10.2 Å². The lowest BCUT2D eigenvalue weighted by Gasteiger charge is -2.53. The summed E-state index contributed by atoms with van der Waals surface area (Å²) in [6.45, 7) is 4.51. The van der Waals surface area contributed by atoms with E-state index in [1.165, 1.54) is 12.4 Å². The Bertz CT molecular complexity index is 795. The maximum atomic E-state index is 12.5. The highest BCUT2D eigenvalue weighted by atomic mass is 16.5. The van der Waals surface area contributed by atoms with E-state index in [4.69, 9.17) is 9.47 Å². The highest BCUT2D eigenvalue weighted by Crippen LogP contribution is 2.38. The van der Waals surface area contributed by atoms with Gasteiger partial charge < -0.3 is 14.4 Å². The largest absolute Gasteiger partial charge is 0.477 e. The molecule has 8 heteroatoms. The molecule has 2 aliphatic rings.